The fourth-order valence-corrected chi connectivity index (χ4v) is 5.63. The summed E-state index contributed by atoms with van der Waals surface area (Å²) in [6, 6.07) is 29.4. The van der Waals surface area contributed by atoms with Gasteiger partial charge in [-0.1, -0.05) is 105 Å². The molecule has 0 saturated carbocycles. The lowest BCUT2D eigenvalue weighted by Crippen LogP contribution is -2.64. The van der Waals surface area contributed by atoms with Gasteiger partial charge in [0.05, 0.1) is 26.1 Å². The Labute approximate surface area is 243 Å². The summed E-state index contributed by atoms with van der Waals surface area (Å²) < 4.78 is 62.1. The summed E-state index contributed by atoms with van der Waals surface area (Å²) in [7, 11) is -2.28. The first-order valence-electron chi connectivity index (χ1n) is 13.8. The summed E-state index contributed by atoms with van der Waals surface area (Å²) in [4.78, 5) is 0. The van der Waals surface area contributed by atoms with E-state index >= 15 is 0 Å². The van der Waals surface area contributed by atoms with Crippen molar-refractivity contribution in [1.29, 1.82) is 0 Å². The van der Waals surface area contributed by atoms with Crippen LogP contribution in [0.5, 0.6) is 0 Å². The topological polar surface area (TPSA) is 89.5 Å². The highest BCUT2D eigenvalue weighted by Gasteiger charge is 2.52. The van der Waals surface area contributed by atoms with Gasteiger partial charge in [0.15, 0.2) is 6.29 Å². The standard InChI is InChI=1S/C32H40O8S/c1-23(2)27(40-41(4,33)34)30-28(36-20-24-14-8-5-9-15-24)29(37-21-25-16-10-6-11-17-25)31(32(35-3)39-30)38-22-26-18-12-7-13-19-26/h5-19,23,27-32H,20-22H2,1-4H3/t27-,28-,29-,30+,31+,32-/m0/s1. The minimum Gasteiger partial charge on any atom is -0.368 e. The molecule has 0 aliphatic carbocycles. The van der Waals surface area contributed by atoms with Crippen molar-refractivity contribution in [3.63, 3.8) is 0 Å². The van der Waals surface area contributed by atoms with Gasteiger partial charge in [0, 0.05) is 7.11 Å². The van der Waals surface area contributed by atoms with Crippen molar-refractivity contribution in [1.82, 2.24) is 0 Å². The summed E-state index contributed by atoms with van der Waals surface area (Å²) in [5, 5.41) is 0. The van der Waals surface area contributed by atoms with Crippen LogP contribution in [0.15, 0.2) is 91.0 Å². The molecule has 0 aromatic heterocycles. The predicted octanol–water partition coefficient (Wildman–Crippen LogP) is 5.11. The lowest BCUT2D eigenvalue weighted by molar-refractivity contribution is -0.329. The van der Waals surface area contributed by atoms with Crippen molar-refractivity contribution in [2.75, 3.05) is 13.4 Å². The van der Waals surface area contributed by atoms with Crippen LogP contribution in [-0.2, 0) is 57.8 Å². The lowest BCUT2D eigenvalue weighted by atomic mass is 9.90. The maximum absolute atomic E-state index is 12.3. The third-order valence-corrected chi connectivity index (χ3v) is 7.46. The third-order valence-electron chi connectivity index (χ3n) is 6.89. The molecule has 0 bridgehead atoms. The molecular weight excluding hydrogens is 544 g/mol. The SMILES string of the molecule is CO[C@H]1O[C@H]([C@@H](OS(C)(=O)=O)C(C)C)[C@@H](OCc2ccccc2)[C@H](OCc2ccccc2)[C@H]1OCc1ccccc1. The normalized spacial score (nSPS) is 23.9. The maximum atomic E-state index is 12.3. The van der Waals surface area contributed by atoms with Crippen molar-refractivity contribution in [3.05, 3.63) is 108 Å². The molecule has 1 heterocycles. The Bertz CT molecular complexity index is 1270. The number of methoxy groups -OCH3 is 1. The van der Waals surface area contributed by atoms with E-state index in [4.69, 9.17) is 27.9 Å². The van der Waals surface area contributed by atoms with Crippen LogP contribution in [0, 0.1) is 5.92 Å². The van der Waals surface area contributed by atoms with Crippen molar-refractivity contribution in [3.8, 4) is 0 Å². The van der Waals surface area contributed by atoms with Gasteiger partial charge in [0.25, 0.3) is 10.1 Å². The average molecular weight is 585 g/mol. The Kier molecular flexibility index (Phi) is 11.5. The summed E-state index contributed by atoms with van der Waals surface area (Å²) in [5.41, 5.74) is 2.91. The van der Waals surface area contributed by atoms with Gasteiger partial charge in [-0.15, -0.1) is 0 Å². The smallest absolute Gasteiger partial charge is 0.264 e. The highest BCUT2D eigenvalue weighted by Crippen LogP contribution is 2.35. The van der Waals surface area contributed by atoms with Gasteiger partial charge in [-0.3, -0.25) is 4.18 Å². The molecule has 9 heteroatoms. The average Bonchev–Trinajstić information content (AvgIpc) is 2.97. The third kappa shape index (κ3) is 9.18. The first kappa shape index (κ1) is 31.3. The number of hydrogen-bond donors (Lipinski definition) is 0. The summed E-state index contributed by atoms with van der Waals surface area (Å²) in [6.07, 6.45) is -3.65. The van der Waals surface area contributed by atoms with Gasteiger partial charge in [-0.25, -0.2) is 0 Å². The van der Waals surface area contributed by atoms with E-state index < -0.39 is 46.9 Å². The molecule has 1 saturated heterocycles. The Morgan fingerprint density at radius 1 is 0.683 bits per heavy atom. The van der Waals surface area contributed by atoms with E-state index in [0.717, 1.165) is 22.9 Å². The van der Waals surface area contributed by atoms with Gasteiger partial charge in [-0.05, 0) is 22.6 Å². The van der Waals surface area contributed by atoms with Crippen LogP contribution < -0.4 is 0 Å². The Morgan fingerprint density at radius 3 is 1.49 bits per heavy atom. The van der Waals surface area contributed by atoms with Crippen molar-refractivity contribution >= 4 is 10.1 Å². The quantitative estimate of drug-likeness (QED) is 0.242. The second kappa shape index (κ2) is 15.0. The number of hydrogen-bond acceptors (Lipinski definition) is 8. The van der Waals surface area contributed by atoms with E-state index in [1.54, 1.807) is 0 Å². The summed E-state index contributed by atoms with van der Waals surface area (Å²) >= 11 is 0. The molecule has 0 amide bonds. The van der Waals surface area contributed by atoms with Gasteiger partial charge in [0.2, 0.25) is 0 Å². The van der Waals surface area contributed by atoms with E-state index in [1.807, 2.05) is 105 Å². The summed E-state index contributed by atoms with van der Waals surface area (Å²) in [5.74, 6) is -0.230. The van der Waals surface area contributed by atoms with E-state index in [9.17, 15) is 8.42 Å². The van der Waals surface area contributed by atoms with Crippen LogP contribution in [0.1, 0.15) is 30.5 Å². The van der Waals surface area contributed by atoms with E-state index in [1.165, 1.54) is 7.11 Å². The monoisotopic (exact) mass is 584 g/mol. The fourth-order valence-electron chi connectivity index (χ4n) is 4.89. The molecule has 8 nitrogen and oxygen atoms in total. The second-order valence-corrected chi connectivity index (χ2v) is 12.1. The molecule has 0 unspecified atom stereocenters. The van der Waals surface area contributed by atoms with Crippen LogP contribution >= 0.6 is 0 Å². The molecule has 3 aromatic carbocycles. The van der Waals surface area contributed by atoms with E-state index in [0.29, 0.717) is 6.61 Å². The fraction of sp³-hybridized carbons (Fsp3) is 0.438. The second-order valence-electron chi connectivity index (χ2n) is 10.5. The molecule has 4 rings (SSSR count). The first-order chi connectivity index (χ1) is 19.7. The highest BCUT2D eigenvalue weighted by molar-refractivity contribution is 7.86. The molecule has 41 heavy (non-hydrogen) atoms. The molecule has 6 atom stereocenters. The first-order valence-corrected chi connectivity index (χ1v) is 15.6. The van der Waals surface area contributed by atoms with Crippen LogP contribution in [-0.4, -0.2) is 58.6 Å². The van der Waals surface area contributed by atoms with Crippen LogP contribution in [0.4, 0.5) is 0 Å². The van der Waals surface area contributed by atoms with E-state index in [2.05, 4.69) is 0 Å². The zero-order chi connectivity index (χ0) is 29.2. The minimum atomic E-state index is -3.81. The number of benzene rings is 3. The van der Waals surface area contributed by atoms with Gasteiger partial charge < -0.3 is 23.7 Å². The van der Waals surface area contributed by atoms with Gasteiger partial charge in [0.1, 0.15) is 30.5 Å². The van der Waals surface area contributed by atoms with Crippen molar-refractivity contribution < 1.29 is 36.3 Å². The van der Waals surface area contributed by atoms with Gasteiger partial charge in [-0.2, -0.15) is 8.42 Å². The maximum Gasteiger partial charge on any atom is 0.264 e. The number of rotatable bonds is 14. The molecule has 1 aliphatic rings. The summed E-state index contributed by atoms with van der Waals surface area (Å²) in [6.45, 7) is 4.59. The van der Waals surface area contributed by atoms with Crippen LogP contribution in [0.3, 0.4) is 0 Å². The van der Waals surface area contributed by atoms with E-state index in [-0.39, 0.29) is 19.1 Å². The molecule has 0 spiro atoms. The van der Waals surface area contributed by atoms with Crippen molar-refractivity contribution in [2.24, 2.45) is 5.92 Å². The van der Waals surface area contributed by atoms with Crippen LogP contribution in [0.2, 0.25) is 0 Å². The molecular formula is C32H40O8S. The largest absolute Gasteiger partial charge is 0.368 e. The Hall–Kier alpha value is -2.63. The van der Waals surface area contributed by atoms with Crippen molar-refractivity contribution in [2.45, 2.75) is 70.5 Å². The Morgan fingerprint density at radius 2 is 1.10 bits per heavy atom. The van der Waals surface area contributed by atoms with Crippen LogP contribution in [0.25, 0.3) is 0 Å². The molecule has 3 aromatic rings. The molecule has 0 radical (unpaired) electrons. The predicted molar refractivity (Wildman–Crippen MR) is 155 cm³/mol. The molecule has 0 N–H and O–H groups in total. The zero-order valence-electron chi connectivity index (χ0n) is 24.0. The zero-order valence-corrected chi connectivity index (χ0v) is 24.8. The molecule has 222 valence electrons. The lowest BCUT2D eigenvalue weighted by Gasteiger charge is -2.48. The number of ether oxygens (including phenoxy) is 5. The highest BCUT2D eigenvalue weighted by atomic mass is 32.2. The minimum absolute atomic E-state index is 0.230. The van der Waals surface area contributed by atoms with Gasteiger partial charge >= 0.3 is 0 Å². The Balaban J connectivity index is 1.71. The molecule has 1 aliphatic heterocycles. The molecule has 1 fully saturated rings.